The topological polar surface area (TPSA) is 46.5 Å². The van der Waals surface area contributed by atoms with E-state index in [2.05, 4.69) is 75.7 Å². The molecule has 1 fully saturated rings. The van der Waals surface area contributed by atoms with Crippen molar-refractivity contribution >= 4 is 24.3 Å². The molecule has 0 radical (unpaired) electrons. The second-order valence-electron chi connectivity index (χ2n) is 11.8. The molecule has 0 aromatic carbocycles. The van der Waals surface area contributed by atoms with Crippen LogP contribution in [0.5, 0.6) is 0 Å². The number of rotatable bonds is 14. The maximum atomic E-state index is 11.4. The molecule has 204 valence electrons. The normalized spacial score (nSPS) is 22.8. The van der Waals surface area contributed by atoms with E-state index >= 15 is 0 Å². The molecule has 0 aliphatic heterocycles. The van der Waals surface area contributed by atoms with E-state index in [1.54, 1.807) is 6.92 Å². The van der Waals surface area contributed by atoms with Crippen molar-refractivity contribution < 1.29 is 14.6 Å². The average Bonchev–Trinajstić information content (AvgIpc) is 2.77. The molecule has 0 spiro atoms. The van der Waals surface area contributed by atoms with E-state index in [4.69, 9.17) is 4.74 Å². The van der Waals surface area contributed by atoms with Gasteiger partial charge in [0.15, 0.2) is 0 Å². The van der Waals surface area contributed by atoms with Gasteiger partial charge < -0.3 is 4.74 Å². The zero-order chi connectivity index (χ0) is 27.2. The van der Waals surface area contributed by atoms with Gasteiger partial charge in [0.1, 0.15) is 0 Å². The zero-order valence-electron chi connectivity index (χ0n) is 24.6. The summed E-state index contributed by atoms with van der Waals surface area (Å²) in [6.07, 6.45) is 19.7. The fraction of sp³-hybridized carbons (Fsp3) is 0.688. The summed E-state index contributed by atoms with van der Waals surface area (Å²) in [5.41, 5.74) is 4.01. The molecule has 1 saturated carbocycles. The van der Waals surface area contributed by atoms with E-state index < -0.39 is 24.0 Å². The molecule has 0 heterocycles. The predicted molar refractivity (Wildman–Crippen MR) is 158 cm³/mol. The van der Waals surface area contributed by atoms with Gasteiger partial charge in [0.25, 0.3) is 0 Å². The van der Waals surface area contributed by atoms with Crippen LogP contribution in [0.4, 0.5) is 0 Å². The molecule has 1 N–H and O–H groups in total. The SMILES string of the molecule is CCC[CH2][Sn](/[CH]=C/C=C\C=C(/C)C=C=C1C(C)(C)C[C@H](OC(C)=O)C[C@@]1(C)O)([CH2]CCC)[CH2]CCC. The minimum absolute atomic E-state index is 0.270. The first kappa shape index (κ1) is 33.0. The molecule has 0 bridgehead atoms. The van der Waals surface area contributed by atoms with E-state index in [-0.39, 0.29) is 17.5 Å². The molecule has 0 aromatic rings. The number of hydrogen-bond donors (Lipinski definition) is 1. The summed E-state index contributed by atoms with van der Waals surface area (Å²) < 4.78 is 12.6. The Labute approximate surface area is 226 Å². The molecule has 0 saturated heterocycles. The van der Waals surface area contributed by atoms with Gasteiger partial charge in [-0.25, -0.2) is 0 Å². The van der Waals surface area contributed by atoms with Crippen LogP contribution in [0.15, 0.2) is 51.3 Å². The molecule has 36 heavy (non-hydrogen) atoms. The second kappa shape index (κ2) is 16.0. The van der Waals surface area contributed by atoms with E-state index in [9.17, 15) is 9.90 Å². The molecule has 1 aliphatic rings. The number of unbranched alkanes of at least 4 members (excludes halogenated alkanes) is 3. The third-order valence-electron chi connectivity index (χ3n) is 7.47. The monoisotopic (exact) mass is 606 g/mol. The van der Waals surface area contributed by atoms with Crippen molar-refractivity contribution in [2.45, 2.75) is 132 Å². The van der Waals surface area contributed by atoms with Crippen LogP contribution in [0, 0.1) is 5.41 Å². The number of hydrogen-bond acceptors (Lipinski definition) is 3. The van der Waals surface area contributed by atoms with Gasteiger partial charge in [-0.05, 0) is 0 Å². The van der Waals surface area contributed by atoms with E-state index in [0.717, 1.165) is 11.1 Å². The third-order valence-corrected chi connectivity index (χ3v) is 21.6. The van der Waals surface area contributed by atoms with Gasteiger partial charge in [-0.3, -0.25) is 4.79 Å². The van der Waals surface area contributed by atoms with E-state index in [0.29, 0.717) is 12.8 Å². The van der Waals surface area contributed by atoms with Gasteiger partial charge in [-0.2, -0.15) is 0 Å². The van der Waals surface area contributed by atoms with Crippen molar-refractivity contribution in [1.29, 1.82) is 0 Å². The molecule has 0 unspecified atom stereocenters. The Morgan fingerprint density at radius 1 is 0.972 bits per heavy atom. The fourth-order valence-corrected chi connectivity index (χ4v) is 19.8. The van der Waals surface area contributed by atoms with Gasteiger partial charge in [0, 0.05) is 6.92 Å². The molecular weight excluding hydrogens is 551 g/mol. The summed E-state index contributed by atoms with van der Waals surface area (Å²) in [5, 5.41) is 11.1. The average molecular weight is 605 g/mol. The van der Waals surface area contributed by atoms with Crippen LogP contribution in [0.2, 0.25) is 13.3 Å². The van der Waals surface area contributed by atoms with Crippen LogP contribution in [0.25, 0.3) is 0 Å². The van der Waals surface area contributed by atoms with Crippen molar-refractivity contribution in [2.75, 3.05) is 0 Å². The standard InChI is InChI=1S/C20H27O3.3C4H9.Sn/c1-7-8-9-10-15(2)11-12-18-19(4,5)13-17(23-16(3)21)14-20(18,6)22;3*1-3-4-2;/h1,7-11,17,22H,13-14H2,2-6H3;3*1,3-4H2,2H3;/b7-1?,9-8-,15-10+;;;;/t12?,17-,20+;;;;/m0..../s1. The second-order valence-corrected chi connectivity index (χ2v) is 24.8. The molecule has 4 heteroatoms. The zero-order valence-corrected chi connectivity index (χ0v) is 27.4. The molecule has 2 atom stereocenters. The number of carbonyl (C=O) groups excluding carboxylic acids is 1. The number of aliphatic hydroxyl groups is 1. The Kier molecular flexibility index (Phi) is 14.7. The molecule has 0 amide bonds. The summed E-state index contributed by atoms with van der Waals surface area (Å²) in [5.74, 6) is -0.295. The summed E-state index contributed by atoms with van der Waals surface area (Å²) >= 11 is -2.22. The summed E-state index contributed by atoms with van der Waals surface area (Å²) in [6.45, 7) is 16.4. The maximum absolute atomic E-state index is 11.4. The van der Waals surface area contributed by atoms with Crippen molar-refractivity contribution in [3.8, 4) is 0 Å². The first-order valence-electron chi connectivity index (χ1n) is 14.3. The van der Waals surface area contributed by atoms with E-state index in [1.807, 2.05) is 6.08 Å². The number of ether oxygens (including phenoxy) is 1. The van der Waals surface area contributed by atoms with Gasteiger partial charge in [0.2, 0.25) is 0 Å². The Morgan fingerprint density at radius 2 is 1.53 bits per heavy atom. The van der Waals surface area contributed by atoms with Crippen molar-refractivity contribution in [1.82, 2.24) is 0 Å². The summed E-state index contributed by atoms with van der Waals surface area (Å²) in [6, 6.07) is 0. The fourth-order valence-electron chi connectivity index (χ4n) is 5.66. The number of carbonyl (C=O) groups is 1. The van der Waals surface area contributed by atoms with Crippen LogP contribution in [-0.2, 0) is 9.53 Å². The molecular formula is C32H54O3Sn. The van der Waals surface area contributed by atoms with Crippen molar-refractivity contribution in [3.05, 3.63) is 51.3 Å². The molecule has 1 rings (SSSR count). The summed E-state index contributed by atoms with van der Waals surface area (Å²) in [4.78, 5) is 11.4. The van der Waals surface area contributed by atoms with Gasteiger partial charge in [-0.1, -0.05) is 0 Å². The van der Waals surface area contributed by atoms with Crippen LogP contribution >= 0.6 is 0 Å². The quantitative estimate of drug-likeness (QED) is 0.0931. The van der Waals surface area contributed by atoms with E-state index in [1.165, 1.54) is 58.8 Å². The first-order valence-corrected chi connectivity index (χ1v) is 22.0. The van der Waals surface area contributed by atoms with Gasteiger partial charge in [-0.15, -0.1) is 0 Å². The Morgan fingerprint density at radius 3 is 2.00 bits per heavy atom. The van der Waals surface area contributed by atoms with Crippen LogP contribution in [-0.4, -0.2) is 41.2 Å². The third kappa shape index (κ3) is 11.6. The number of esters is 1. The minimum atomic E-state index is -2.22. The van der Waals surface area contributed by atoms with Crippen LogP contribution in [0.1, 0.15) is 107 Å². The first-order chi connectivity index (χ1) is 16.9. The van der Waals surface area contributed by atoms with Crippen LogP contribution < -0.4 is 0 Å². The Hall–Kier alpha value is -1.03. The number of allylic oxidation sites excluding steroid dienone is 5. The molecule has 1 aliphatic carbocycles. The van der Waals surface area contributed by atoms with Crippen molar-refractivity contribution in [2.24, 2.45) is 5.41 Å². The van der Waals surface area contributed by atoms with Crippen LogP contribution in [0.3, 0.4) is 0 Å². The Bertz CT molecular complexity index is 796. The van der Waals surface area contributed by atoms with Gasteiger partial charge >= 0.3 is 211 Å². The summed E-state index contributed by atoms with van der Waals surface area (Å²) in [7, 11) is 0. The van der Waals surface area contributed by atoms with Gasteiger partial charge in [0.05, 0.1) is 0 Å². The predicted octanol–water partition coefficient (Wildman–Crippen LogP) is 9.02. The Balaban J connectivity index is 3.02. The molecule has 3 nitrogen and oxygen atoms in total. The molecule has 0 aromatic heterocycles. The van der Waals surface area contributed by atoms with Crippen molar-refractivity contribution in [3.63, 3.8) is 0 Å².